The molecule has 1 amide bonds. The number of anilines is 1. The maximum atomic E-state index is 13.1. The third kappa shape index (κ3) is 5.56. The van der Waals surface area contributed by atoms with Crippen LogP contribution < -0.4 is 9.62 Å². The molecule has 11 heteroatoms. The summed E-state index contributed by atoms with van der Waals surface area (Å²) in [4.78, 5) is 16.6. The van der Waals surface area contributed by atoms with Crippen LogP contribution >= 0.6 is 0 Å². The van der Waals surface area contributed by atoms with Crippen molar-refractivity contribution in [3.05, 3.63) is 60.4 Å². The van der Waals surface area contributed by atoms with E-state index in [-0.39, 0.29) is 29.6 Å². The third-order valence-corrected chi connectivity index (χ3v) is 7.63. The van der Waals surface area contributed by atoms with Gasteiger partial charge in [-0.15, -0.1) is 0 Å². The van der Waals surface area contributed by atoms with Gasteiger partial charge in [-0.3, -0.25) is 4.79 Å². The normalized spacial score (nSPS) is 25.5. The number of aliphatic hydroxyl groups is 2. The van der Waals surface area contributed by atoms with Crippen molar-refractivity contribution in [3.63, 3.8) is 0 Å². The highest BCUT2D eigenvalue weighted by Crippen LogP contribution is 2.25. The van der Waals surface area contributed by atoms with Crippen molar-refractivity contribution in [2.45, 2.75) is 35.7 Å². The van der Waals surface area contributed by atoms with E-state index < -0.39 is 34.4 Å². The molecule has 9 nitrogen and oxygen atoms in total. The molecule has 4 atom stereocenters. The molecule has 2 fully saturated rings. The van der Waals surface area contributed by atoms with Crippen LogP contribution in [0.2, 0.25) is 0 Å². The van der Waals surface area contributed by atoms with Crippen molar-refractivity contribution in [1.82, 2.24) is 9.62 Å². The summed E-state index contributed by atoms with van der Waals surface area (Å²) in [7, 11) is -3.80. The number of sulfonamides is 1. The molecule has 0 aliphatic carbocycles. The van der Waals surface area contributed by atoms with Gasteiger partial charge in [-0.05, 0) is 36.4 Å². The van der Waals surface area contributed by atoms with Crippen LogP contribution in [0.5, 0.6) is 0 Å². The number of carbonyl (C=O) groups excluding carboxylic acids is 1. The molecule has 34 heavy (non-hydrogen) atoms. The summed E-state index contributed by atoms with van der Waals surface area (Å²) >= 11 is 0. The summed E-state index contributed by atoms with van der Waals surface area (Å²) < 4.78 is 46.0. The second-order valence-electron chi connectivity index (χ2n) is 8.41. The minimum atomic E-state index is -3.80. The van der Waals surface area contributed by atoms with Crippen molar-refractivity contribution < 1.29 is 32.6 Å². The van der Waals surface area contributed by atoms with E-state index in [2.05, 4.69) is 9.62 Å². The van der Waals surface area contributed by atoms with E-state index in [9.17, 15) is 27.8 Å². The molecule has 2 aromatic rings. The quantitative estimate of drug-likeness (QED) is 0.509. The number of aliphatic hydroxyl groups excluding tert-OH is 2. The first-order chi connectivity index (χ1) is 16.2. The van der Waals surface area contributed by atoms with E-state index in [1.165, 1.54) is 24.3 Å². The highest BCUT2D eigenvalue weighted by atomic mass is 32.2. The number of rotatable bonds is 7. The van der Waals surface area contributed by atoms with Crippen LogP contribution in [0.4, 0.5) is 10.1 Å². The number of nitrogens with one attached hydrogen (secondary N) is 1. The van der Waals surface area contributed by atoms with Gasteiger partial charge in [-0.25, -0.2) is 17.5 Å². The van der Waals surface area contributed by atoms with Gasteiger partial charge in [0, 0.05) is 38.4 Å². The molecule has 0 bridgehead atoms. The average Bonchev–Trinajstić information content (AvgIpc) is 3.12. The van der Waals surface area contributed by atoms with Gasteiger partial charge < -0.3 is 24.7 Å². The van der Waals surface area contributed by atoms with Gasteiger partial charge in [0.2, 0.25) is 15.9 Å². The van der Waals surface area contributed by atoms with Gasteiger partial charge in [0.1, 0.15) is 24.1 Å². The summed E-state index contributed by atoms with van der Waals surface area (Å²) in [6, 6.07) is 14.0. The SMILES string of the molecule is O=C(CC1OC(CNS(=O)(=O)c2ccccc2)C(O)C1O)N1CCN(c2ccc(F)cc2)CC1. The molecular formula is C23H28FN3O6S. The van der Waals surface area contributed by atoms with Crippen molar-refractivity contribution in [1.29, 1.82) is 0 Å². The highest BCUT2D eigenvalue weighted by molar-refractivity contribution is 7.89. The van der Waals surface area contributed by atoms with E-state index >= 15 is 0 Å². The fourth-order valence-electron chi connectivity index (χ4n) is 4.21. The zero-order chi connectivity index (χ0) is 24.3. The Balaban J connectivity index is 1.28. The molecule has 2 heterocycles. The van der Waals surface area contributed by atoms with Gasteiger partial charge in [-0.2, -0.15) is 0 Å². The zero-order valence-corrected chi connectivity index (χ0v) is 19.3. The van der Waals surface area contributed by atoms with Crippen molar-refractivity contribution in [2.75, 3.05) is 37.6 Å². The van der Waals surface area contributed by atoms with Gasteiger partial charge >= 0.3 is 0 Å². The van der Waals surface area contributed by atoms with E-state index in [0.29, 0.717) is 26.2 Å². The van der Waals surface area contributed by atoms with E-state index in [4.69, 9.17) is 4.74 Å². The Morgan fingerprint density at radius 1 is 0.971 bits per heavy atom. The van der Waals surface area contributed by atoms with Crippen LogP contribution in [0, 0.1) is 5.82 Å². The fraction of sp³-hybridized carbons (Fsp3) is 0.435. The molecule has 2 aromatic carbocycles. The molecule has 4 unspecified atom stereocenters. The molecule has 2 aliphatic heterocycles. The van der Waals surface area contributed by atoms with E-state index in [1.54, 1.807) is 35.2 Å². The lowest BCUT2D eigenvalue weighted by Crippen LogP contribution is -2.49. The topological polar surface area (TPSA) is 119 Å². The summed E-state index contributed by atoms with van der Waals surface area (Å²) in [5, 5.41) is 20.7. The predicted molar refractivity (Wildman–Crippen MR) is 122 cm³/mol. The molecule has 0 radical (unpaired) electrons. The number of hydrogen-bond acceptors (Lipinski definition) is 7. The number of carbonyl (C=O) groups is 1. The molecule has 0 spiro atoms. The largest absolute Gasteiger partial charge is 0.388 e. The van der Waals surface area contributed by atoms with Crippen molar-refractivity contribution >= 4 is 21.6 Å². The van der Waals surface area contributed by atoms with Crippen LogP contribution in [0.3, 0.4) is 0 Å². The monoisotopic (exact) mass is 493 g/mol. The molecule has 184 valence electrons. The predicted octanol–water partition coefficient (Wildman–Crippen LogP) is 0.332. The van der Waals surface area contributed by atoms with E-state index in [1.807, 2.05) is 0 Å². The Morgan fingerprint density at radius 2 is 1.59 bits per heavy atom. The van der Waals surface area contributed by atoms with Crippen LogP contribution in [0.1, 0.15) is 6.42 Å². The lowest BCUT2D eigenvalue weighted by atomic mass is 10.0. The van der Waals surface area contributed by atoms with Crippen LogP contribution in [0.25, 0.3) is 0 Å². The smallest absolute Gasteiger partial charge is 0.240 e. The first-order valence-corrected chi connectivity index (χ1v) is 12.6. The van der Waals surface area contributed by atoms with Crippen LogP contribution in [-0.4, -0.2) is 86.6 Å². The lowest BCUT2D eigenvalue weighted by molar-refractivity contribution is -0.135. The second-order valence-corrected chi connectivity index (χ2v) is 10.2. The van der Waals surface area contributed by atoms with Gasteiger partial charge in [0.25, 0.3) is 0 Å². The minimum Gasteiger partial charge on any atom is -0.388 e. The first-order valence-electron chi connectivity index (χ1n) is 11.1. The highest BCUT2D eigenvalue weighted by Gasteiger charge is 2.44. The summed E-state index contributed by atoms with van der Waals surface area (Å²) in [6.07, 6.45) is -4.69. The van der Waals surface area contributed by atoms with Crippen LogP contribution in [-0.2, 0) is 19.6 Å². The maximum Gasteiger partial charge on any atom is 0.240 e. The minimum absolute atomic E-state index is 0.0783. The van der Waals surface area contributed by atoms with Gasteiger partial charge in [-0.1, -0.05) is 18.2 Å². The number of piperazine rings is 1. The molecule has 2 aliphatic rings. The second kappa shape index (κ2) is 10.4. The number of nitrogens with zero attached hydrogens (tertiary/aromatic N) is 2. The number of hydrogen-bond donors (Lipinski definition) is 3. The molecule has 4 rings (SSSR count). The van der Waals surface area contributed by atoms with Gasteiger partial charge in [0.15, 0.2) is 0 Å². The third-order valence-electron chi connectivity index (χ3n) is 6.19. The van der Waals surface area contributed by atoms with Gasteiger partial charge in [0.05, 0.1) is 17.4 Å². The Hall–Kier alpha value is -2.57. The molecule has 3 N–H and O–H groups in total. The Labute approximate surface area is 197 Å². The fourth-order valence-corrected chi connectivity index (χ4v) is 5.27. The maximum absolute atomic E-state index is 13.1. The number of amides is 1. The van der Waals surface area contributed by atoms with Crippen LogP contribution in [0.15, 0.2) is 59.5 Å². The molecule has 2 saturated heterocycles. The van der Waals surface area contributed by atoms with Crippen molar-refractivity contribution in [2.24, 2.45) is 0 Å². The molecule has 0 aromatic heterocycles. The lowest BCUT2D eigenvalue weighted by Gasteiger charge is -2.36. The van der Waals surface area contributed by atoms with E-state index in [0.717, 1.165) is 5.69 Å². The Morgan fingerprint density at radius 3 is 2.24 bits per heavy atom. The Bertz CT molecular complexity index is 1080. The summed E-state index contributed by atoms with van der Waals surface area (Å²) in [5.74, 6) is -0.526. The summed E-state index contributed by atoms with van der Waals surface area (Å²) in [5.41, 5.74) is 0.881. The average molecular weight is 494 g/mol. The number of halogens is 1. The number of ether oxygens (including phenoxy) is 1. The molecule has 0 saturated carbocycles. The first kappa shape index (κ1) is 24.6. The number of benzene rings is 2. The Kier molecular flexibility index (Phi) is 7.48. The summed E-state index contributed by atoms with van der Waals surface area (Å²) in [6.45, 7) is 1.84. The standard InChI is InChI=1S/C23H28FN3O6S/c24-16-6-8-17(9-7-16)26-10-12-27(13-11-26)21(28)14-19-22(29)23(30)20(33-19)15-25-34(31,32)18-4-2-1-3-5-18/h1-9,19-20,22-23,25,29-30H,10-15H2. The molecular weight excluding hydrogens is 465 g/mol. The zero-order valence-electron chi connectivity index (χ0n) is 18.5. The van der Waals surface area contributed by atoms with Crippen molar-refractivity contribution in [3.8, 4) is 0 Å².